The van der Waals surface area contributed by atoms with E-state index < -0.39 is 5.97 Å². The van der Waals surface area contributed by atoms with Gasteiger partial charge in [0.2, 0.25) is 0 Å². The molecule has 2 aromatic rings. The van der Waals surface area contributed by atoms with Crippen LogP contribution in [0.5, 0.6) is 5.75 Å². The predicted molar refractivity (Wildman–Crippen MR) is 71.8 cm³/mol. The molecule has 0 unspecified atom stereocenters. The highest BCUT2D eigenvalue weighted by atomic mass is 16.5. The lowest BCUT2D eigenvalue weighted by atomic mass is 10.1. The number of aromatic nitrogens is 1. The first-order valence-corrected chi connectivity index (χ1v) is 5.95. The van der Waals surface area contributed by atoms with Crippen LogP contribution < -0.4 is 4.74 Å². The standard InChI is InChI=1S/C15H13NO4/c1-19-13-6-4-11(5-7-13)14(17)10-20-15(18)12-3-2-8-16-9-12/h2-9H,10H2,1H3. The summed E-state index contributed by atoms with van der Waals surface area (Å²) in [6.07, 6.45) is 2.94. The van der Waals surface area contributed by atoms with E-state index >= 15 is 0 Å². The highest BCUT2D eigenvalue weighted by Gasteiger charge is 2.11. The lowest BCUT2D eigenvalue weighted by Gasteiger charge is -2.05. The number of methoxy groups -OCH3 is 1. The maximum absolute atomic E-state index is 11.8. The largest absolute Gasteiger partial charge is 0.497 e. The Bertz CT molecular complexity index is 593. The minimum atomic E-state index is -0.569. The van der Waals surface area contributed by atoms with Gasteiger partial charge in [0.15, 0.2) is 12.4 Å². The van der Waals surface area contributed by atoms with E-state index in [4.69, 9.17) is 9.47 Å². The SMILES string of the molecule is COc1ccc(C(=O)COC(=O)c2cccnc2)cc1. The molecular weight excluding hydrogens is 258 g/mol. The van der Waals surface area contributed by atoms with Gasteiger partial charge in [-0.2, -0.15) is 0 Å². The van der Waals surface area contributed by atoms with Gasteiger partial charge in [0.1, 0.15) is 5.75 Å². The second kappa shape index (κ2) is 6.47. The van der Waals surface area contributed by atoms with Crippen molar-refractivity contribution in [2.75, 3.05) is 13.7 Å². The van der Waals surface area contributed by atoms with E-state index in [1.165, 1.54) is 6.20 Å². The van der Waals surface area contributed by atoms with Crippen LogP contribution in [0.15, 0.2) is 48.8 Å². The summed E-state index contributed by atoms with van der Waals surface area (Å²) in [5.41, 5.74) is 0.778. The number of esters is 1. The van der Waals surface area contributed by atoms with E-state index in [1.807, 2.05) is 0 Å². The highest BCUT2D eigenvalue weighted by Crippen LogP contribution is 2.12. The number of rotatable bonds is 5. The number of Topliss-reactive ketones (excluding diaryl/α,β-unsaturated/α-hetero) is 1. The topological polar surface area (TPSA) is 65.5 Å². The predicted octanol–water partition coefficient (Wildman–Crippen LogP) is 2.13. The molecule has 0 radical (unpaired) electrons. The summed E-state index contributed by atoms with van der Waals surface area (Å²) < 4.78 is 9.94. The van der Waals surface area contributed by atoms with Crippen LogP contribution >= 0.6 is 0 Å². The van der Waals surface area contributed by atoms with Crippen LogP contribution in [-0.4, -0.2) is 30.5 Å². The van der Waals surface area contributed by atoms with Crippen molar-refractivity contribution in [1.82, 2.24) is 4.98 Å². The third kappa shape index (κ3) is 3.41. The Morgan fingerprint density at radius 1 is 1.10 bits per heavy atom. The van der Waals surface area contributed by atoms with Crippen LogP contribution in [0.1, 0.15) is 20.7 Å². The number of pyridine rings is 1. The minimum absolute atomic E-state index is 0.273. The Morgan fingerprint density at radius 2 is 1.85 bits per heavy atom. The Labute approximate surface area is 116 Å². The van der Waals surface area contributed by atoms with Gasteiger partial charge >= 0.3 is 5.97 Å². The molecule has 0 aliphatic carbocycles. The Balaban J connectivity index is 1.93. The Morgan fingerprint density at radius 3 is 2.45 bits per heavy atom. The first kappa shape index (κ1) is 13.7. The first-order valence-electron chi connectivity index (χ1n) is 5.95. The molecule has 1 aromatic carbocycles. The molecule has 20 heavy (non-hydrogen) atoms. The molecule has 1 heterocycles. The van der Waals surface area contributed by atoms with Gasteiger partial charge in [0, 0.05) is 18.0 Å². The maximum Gasteiger partial charge on any atom is 0.340 e. The summed E-state index contributed by atoms with van der Waals surface area (Å²) in [4.78, 5) is 27.3. The van der Waals surface area contributed by atoms with E-state index in [0.29, 0.717) is 16.9 Å². The summed E-state index contributed by atoms with van der Waals surface area (Å²) in [6, 6.07) is 9.81. The molecule has 0 amide bonds. The van der Waals surface area contributed by atoms with Crippen molar-refractivity contribution in [2.45, 2.75) is 0 Å². The van der Waals surface area contributed by atoms with Crippen molar-refractivity contribution < 1.29 is 19.1 Å². The molecule has 0 N–H and O–H groups in total. The van der Waals surface area contributed by atoms with Crippen molar-refractivity contribution >= 4 is 11.8 Å². The lowest BCUT2D eigenvalue weighted by molar-refractivity contribution is 0.0474. The quantitative estimate of drug-likeness (QED) is 0.615. The number of carbonyl (C=O) groups is 2. The number of hydrogen-bond acceptors (Lipinski definition) is 5. The van der Waals surface area contributed by atoms with Crippen molar-refractivity contribution in [3.8, 4) is 5.75 Å². The average molecular weight is 271 g/mol. The van der Waals surface area contributed by atoms with Crippen LogP contribution in [0.3, 0.4) is 0 Å². The molecule has 5 nitrogen and oxygen atoms in total. The third-order valence-electron chi connectivity index (χ3n) is 2.64. The zero-order chi connectivity index (χ0) is 14.4. The van der Waals surface area contributed by atoms with E-state index in [0.717, 1.165) is 0 Å². The summed E-state index contributed by atoms with van der Waals surface area (Å²) in [5.74, 6) is -0.182. The maximum atomic E-state index is 11.8. The van der Waals surface area contributed by atoms with Crippen molar-refractivity contribution in [3.05, 3.63) is 59.9 Å². The molecular formula is C15H13NO4. The molecule has 2 rings (SSSR count). The van der Waals surface area contributed by atoms with Crippen molar-refractivity contribution in [2.24, 2.45) is 0 Å². The molecule has 1 aromatic heterocycles. The molecule has 0 saturated carbocycles. The number of nitrogens with zero attached hydrogens (tertiary/aromatic N) is 1. The van der Waals surface area contributed by atoms with E-state index in [1.54, 1.807) is 49.7 Å². The van der Waals surface area contributed by atoms with E-state index in [-0.39, 0.29) is 12.4 Å². The fourth-order valence-corrected chi connectivity index (χ4v) is 1.56. The third-order valence-corrected chi connectivity index (χ3v) is 2.64. The first-order chi connectivity index (χ1) is 9.70. The molecule has 0 aliphatic heterocycles. The summed E-state index contributed by atoms with van der Waals surface area (Å²) in [7, 11) is 1.55. The number of hydrogen-bond donors (Lipinski definition) is 0. The number of ketones is 1. The molecule has 102 valence electrons. The number of carbonyl (C=O) groups excluding carboxylic acids is 2. The molecule has 0 aliphatic rings. The fraction of sp³-hybridized carbons (Fsp3) is 0.133. The molecule has 0 bridgehead atoms. The van der Waals surface area contributed by atoms with Crippen molar-refractivity contribution in [3.63, 3.8) is 0 Å². The lowest BCUT2D eigenvalue weighted by Crippen LogP contribution is -2.14. The number of ether oxygens (including phenoxy) is 2. The Kier molecular flexibility index (Phi) is 4.44. The second-order valence-corrected chi connectivity index (χ2v) is 3.97. The molecule has 0 fully saturated rings. The van der Waals surface area contributed by atoms with E-state index in [9.17, 15) is 9.59 Å². The van der Waals surface area contributed by atoms with Gasteiger partial charge in [-0.1, -0.05) is 0 Å². The molecule has 5 heteroatoms. The molecule has 0 spiro atoms. The van der Waals surface area contributed by atoms with Crippen LogP contribution in [0.2, 0.25) is 0 Å². The number of benzene rings is 1. The van der Waals surface area contributed by atoms with E-state index in [2.05, 4.69) is 4.98 Å². The van der Waals surface area contributed by atoms with Gasteiger partial charge < -0.3 is 9.47 Å². The van der Waals surface area contributed by atoms with Gasteiger partial charge in [0.05, 0.1) is 12.7 Å². The highest BCUT2D eigenvalue weighted by molar-refractivity contribution is 5.99. The Hall–Kier alpha value is -2.69. The summed E-state index contributed by atoms with van der Waals surface area (Å²) in [6.45, 7) is -0.305. The van der Waals surface area contributed by atoms with Gasteiger partial charge in [-0.15, -0.1) is 0 Å². The van der Waals surface area contributed by atoms with Crippen LogP contribution in [0, 0.1) is 0 Å². The van der Waals surface area contributed by atoms with Crippen LogP contribution in [0.4, 0.5) is 0 Å². The molecule has 0 saturated heterocycles. The van der Waals surface area contributed by atoms with Gasteiger partial charge in [-0.3, -0.25) is 9.78 Å². The van der Waals surface area contributed by atoms with Gasteiger partial charge in [0.25, 0.3) is 0 Å². The zero-order valence-electron chi connectivity index (χ0n) is 10.9. The molecule has 0 atom stereocenters. The summed E-state index contributed by atoms with van der Waals surface area (Å²) >= 11 is 0. The van der Waals surface area contributed by atoms with Crippen LogP contribution in [0.25, 0.3) is 0 Å². The summed E-state index contributed by atoms with van der Waals surface area (Å²) in [5, 5.41) is 0. The minimum Gasteiger partial charge on any atom is -0.497 e. The average Bonchev–Trinajstić information content (AvgIpc) is 2.53. The smallest absolute Gasteiger partial charge is 0.340 e. The van der Waals surface area contributed by atoms with Gasteiger partial charge in [-0.25, -0.2) is 4.79 Å². The van der Waals surface area contributed by atoms with Crippen LogP contribution in [-0.2, 0) is 4.74 Å². The second-order valence-electron chi connectivity index (χ2n) is 3.97. The fourth-order valence-electron chi connectivity index (χ4n) is 1.56. The zero-order valence-corrected chi connectivity index (χ0v) is 10.9. The van der Waals surface area contributed by atoms with Crippen molar-refractivity contribution in [1.29, 1.82) is 0 Å². The normalized spacial score (nSPS) is 9.85. The monoisotopic (exact) mass is 271 g/mol. The van der Waals surface area contributed by atoms with Gasteiger partial charge in [-0.05, 0) is 36.4 Å².